The third-order valence-electron chi connectivity index (χ3n) is 4.95. The van der Waals surface area contributed by atoms with E-state index in [4.69, 9.17) is 18.6 Å². The van der Waals surface area contributed by atoms with Gasteiger partial charge in [-0.15, -0.1) is 12.6 Å². The van der Waals surface area contributed by atoms with Crippen LogP contribution in [0.4, 0.5) is 5.69 Å². The summed E-state index contributed by atoms with van der Waals surface area (Å²) in [5.41, 5.74) is 0.574. The monoisotopic (exact) mass is 466 g/mol. The van der Waals surface area contributed by atoms with Crippen LogP contribution in [0.15, 0.2) is 85.6 Å². The Morgan fingerprint density at radius 1 is 1.21 bits per heavy atom. The van der Waals surface area contributed by atoms with Crippen molar-refractivity contribution >= 4 is 36.3 Å². The molecule has 1 aromatic heterocycles. The largest absolute Gasteiger partial charge is 0.493 e. The van der Waals surface area contributed by atoms with Crippen molar-refractivity contribution in [3.05, 3.63) is 72.1 Å². The number of methoxy groups -OCH3 is 2. The van der Waals surface area contributed by atoms with Gasteiger partial charge in [0.1, 0.15) is 17.3 Å². The van der Waals surface area contributed by atoms with Crippen LogP contribution in [-0.2, 0) is 9.47 Å². The average Bonchev–Trinajstić information content (AvgIpc) is 3.35. The van der Waals surface area contributed by atoms with Crippen LogP contribution in [0.1, 0.15) is 17.5 Å². The predicted octanol–water partition coefficient (Wildman–Crippen LogP) is 3.85. The van der Waals surface area contributed by atoms with Crippen molar-refractivity contribution in [3.8, 4) is 5.75 Å². The highest BCUT2D eigenvalue weighted by molar-refractivity contribution is 7.80. The summed E-state index contributed by atoms with van der Waals surface area (Å²) >= 11 is 4.52. The number of carbonyl (C=O) groups excluding carboxylic acids is 1. The van der Waals surface area contributed by atoms with Crippen LogP contribution in [0.2, 0.25) is 0 Å². The Balaban J connectivity index is 1.48. The number of carbonyl (C=O) groups is 1. The Bertz CT molecular complexity index is 1200. The van der Waals surface area contributed by atoms with Gasteiger partial charge >= 0.3 is 0 Å². The molecule has 4 rings (SSSR count). The van der Waals surface area contributed by atoms with E-state index in [2.05, 4.69) is 32.9 Å². The van der Waals surface area contributed by atoms with Crippen LogP contribution in [0, 0.1) is 5.92 Å². The van der Waals surface area contributed by atoms with E-state index in [1.54, 1.807) is 45.6 Å². The van der Waals surface area contributed by atoms with Crippen molar-refractivity contribution in [2.45, 2.75) is 17.9 Å². The van der Waals surface area contributed by atoms with Crippen molar-refractivity contribution in [3.63, 3.8) is 0 Å². The highest BCUT2D eigenvalue weighted by Gasteiger charge is 2.31. The number of fused-ring (bicyclic) bond motifs is 1. The molecule has 9 nitrogen and oxygen atoms in total. The van der Waals surface area contributed by atoms with E-state index >= 15 is 0 Å². The van der Waals surface area contributed by atoms with Crippen LogP contribution in [0.25, 0.3) is 0 Å². The van der Waals surface area contributed by atoms with Gasteiger partial charge in [0.2, 0.25) is 5.76 Å². The minimum atomic E-state index is -0.434. The molecule has 2 unspecified atom stereocenters. The van der Waals surface area contributed by atoms with Gasteiger partial charge in [0.15, 0.2) is 17.9 Å². The lowest BCUT2D eigenvalue weighted by atomic mass is 9.90. The molecule has 0 saturated carbocycles. The molecule has 1 aliphatic heterocycles. The Kier molecular flexibility index (Phi) is 6.64. The third kappa shape index (κ3) is 5.01. The number of hydrogen-bond donors (Lipinski definition) is 2. The lowest BCUT2D eigenvalue weighted by Crippen LogP contribution is -2.27. The molecule has 1 aliphatic carbocycles. The fourth-order valence-electron chi connectivity index (χ4n) is 3.40. The van der Waals surface area contributed by atoms with E-state index in [0.29, 0.717) is 33.7 Å². The maximum absolute atomic E-state index is 12.1. The second kappa shape index (κ2) is 9.78. The summed E-state index contributed by atoms with van der Waals surface area (Å²) < 4.78 is 21.9. The molecule has 1 N–H and O–H groups in total. The predicted molar refractivity (Wildman–Crippen MR) is 125 cm³/mol. The lowest BCUT2D eigenvalue weighted by Gasteiger charge is -2.29. The topological polar surface area (TPSA) is 108 Å². The number of nitrogens with one attached hydrogen (secondary N) is 1. The number of hydrogen-bond acceptors (Lipinski definition) is 9. The zero-order valence-corrected chi connectivity index (χ0v) is 19.1. The molecular weight excluding hydrogens is 444 g/mol. The van der Waals surface area contributed by atoms with Gasteiger partial charge in [0.05, 0.1) is 38.1 Å². The van der Waals surface area contributed by atoms with Crippen LogP contribution in [-0.4, -0.2) is 43.2 Å². The molecule has 0 spiro atoms. The number of nitrogens with zero attached hydrogens (tertiary/aromatic N) is 3. The Morgan fingerprint density at radius 3 is 2.70 bits per heavy atom. The van der Waals surface area contributed by atoms with E-state index in [1.807, 2.05) is 18.2 Å². The first-order valence-electron chi connectivity index (χ1n) is 10.00. The van der Waals surface area contributed by atoms with Crippen molar-refractivity contribution < 1.29 is 23.4 Å². The summed E-state index contributed by atoms with van der Waals surface area (Å²) in [7, 11) is 3.19. The van der Waals surface area contributed by atoms with Gasteiger partial charge in [-0.05, 0) is 43.4 Å². The van der Waals surface area contributed by atoms with E-state index < -0.39 is 5.91 Å². The van der Waals surface area contributed by atoms with Gasteiger partial charge in [-0.25, -0.2) is 9.98 Å². The number of amides is 1. The summed E-state index contributed by atoms with van der Waals surface area (Å²) in [6.07, 6.45) is 9.90. The molecule has 0 fully saturated rings. The average molecular weight is 467 g/mol. The smallest absolute Gasteiger partial charge is 0.293 e. The van der Waals surface area contributed by atoms with Crippen LogP contribution in [0.5, 0.6) is 5.75 Å². The Morgan fingerprint density at radius 2 is 2.00 bits per heavy atom. The SMILES string of the molecule is COC1=CC2N=CC=C(Oc3ccc(N=C(C)NC(=O)c4cnco4)c(S)c3)C2C=C1OC. The lowest BCUT2D eigenvalue weighted by molar-refractivity contribution is 0.0950. The highest BCUT2D eigenvalue weighted by atomic mass is 32.1. The molecule has 1 aromatic carbocycles. The van der Waals surface area contributed by atoms with Crippen molar-refractivity contribution in [1.82, 2.24) is 10.3 Å². The van der Waals surface area contributed by atoms with Gasteiger partial charge in [0.25, 0.3) is 5.91 Å². The van der Waals surface area contributed by atoms with E-state index in [-0.39, 0.29) is 17.7 Å². The second-order valence-electron chi connectivity index (χ2n) is 7.12. The Labute approximate surface area is 196 Å². The standard InChI is InChI=1S/C23H22N4O5S/c1-13(27-23(28)21-11-24-12-31-21)26-16-5-4-14(8-22(16)33)32-18-6-7-25-17-10-20(30-3)19(29-2)9-15(17)18/h4-12,15,17,33H,1-3H3,(H,26,27,28). The number of aliphatic imine (C=N–C) groups is 2. The molecular formula is C23H22N4O5S. The first-order chi connectivity index (χ1) is 16.0. The Hall–Kier alpha value is -3.79. The van der Waals surface area contributed by atoms with Crippen molar-refractivity contribution in [2.75, 3.05) is 14.2 Å². The van der Waals surface area contributed by atoms with E-state index in [1.165, 1.54) is 12.6 Å². The number of ether oxygens (including phenoxy) is 3. The first-order valence-corrected chi connectivity index (χ1v) is 10.4. The molecule has 2 heterocycles. The third-order valence-corrected chi connectivity index (χ3v) is 5.31. The van der Waals surface area contributed by atoms with Crippen molar-refractivity contribution in [2.24, 2.45) is 15.9 Å². The minimum Gasteiger partial charge on any atom is -0.493 e. The molecule has 10 heteroatoms. The summed E-state index contributed by atoms with van der Waals surface area (Å²) in [6.45, 7) is 1.67. The maximum Gasteiger partial charge on any atom is 0.293 e. The van der Waals surface area contributed by atoms with Gasteiger partial charge in [-0.1, -0.05) is 0 Å². The summed E-state index contributed by atoms with van der Waals surface area (Å²) in [5.74, 6) is 2.51. The van der Waals surface area contributed by atoms with Gasteiger partial charge in [0, 0.05) is 11.1 Å². The molecule has 1 amide bonds. The molecule has 33 heavy (non-hydrogen) atoms. The van der Waals surface area contributed by atoms with Gasteiger partial charge in [-0.2, -0.15) is 0 Å². The summed E-state index contributed by atoms with van der Waals surface area (Å²) in [5, 5.41) is 2.64. The second-order valence-corrected chi connectivity index (χ2v) is 7.61. The fourth-order valence-corrected chi connectivity index (χ4v) is 3.65. The number of amidine groups is 1. The first kappa shape index (κ1) is 22.4. The summed E-state index contributed by atoms with van der Waals surface area (Å²) in [4.78, 5) is 25.3. The van der Waals surface area contributed by atoms with E-state index in [9.17, 15) is 4.79 Å². The number of benzene rings is 1. The highest BCUT2D eigenvalue weighted by Crippen LogP contribution is 2.35. The molecule has 0 radical (unpaired) electrons. The number of oxazole rings is 1. The maximum atomic E-state index is 12.1. The van der Waals surface area contributed by atoms with Crippen molar-refractivity contribution in [1.29, 1.82) is 0 Å². The quantitative estimate of drug-likeness (QED) is 0.380. The van der Waals surface area contributed by atoms with Crippen LogP contribution >= 0.6 is 12.6 Å². The van der Waals surface area contributed by atoms with E-state index in [0.717, 1.165) is 5.76 Å². The zero-order valence-electron chi connectivity index (χ0n) is 18.2. The molecule has 2 aromatic rings. The number of allylic oxidation sites excluding steroid dienone is 1. The van der Waals surface area contributed by atoms with Crippen LogP contribution < -0.4 is 10.1 Å². The number of thiol groups is 1. The number of aromatic nitrogens is 1. The number of dihydropyridines is 1. The zero-order chi connectivity index (χ0) is 23.4. The fraction of sp³-hybridized carbons (Fsp3) is 0.217. The molecule has 2 atom stereocenters. The van der Waals surface area contributed by atoms with Gasteiger partial charge in [-0.3, -0.25) is 9.79 Å². The molecule has 2 aliphatic rings. The van der Waals surface area contributed by atoms with Gasteiger partial charge < -0.3 is 23.9 Å². The molecule has 0 saturated heterocycles. The minimum absolute atomic E-state index is 0.0999. The number of rotatable bonds is 6. The van der Waals surface area contributed by atoms with Crippen LogP contribution in [0.3, 0.4) is 0 Å². The normalized spacial score (nSPS) is 19.6. The molecule has 170 valence electrons. The summed E-state index contributed by atoms with van der Waals surface area (Å²) in [6, 6.07) is 5.16. The molecule has 0 bridgehead atoms.